The summed E-state index contributed by atoms with van der Waals surface area (Å²) in [6.45, 7) is 0. The molecule has 0 saturated heterocycles. The number of hydrogen-bond acceptors (Lipinski definition) is 4. The van der Waals surface area contributed by atoms with Crippen molar-refractivity contribution >= 4 is 55.6 Å². The lowest BCUT2D eigenvalue weighted by Gasteiger charge is -2.11. The lowest BCUT2D eigenvalue weighted by Crippen LogP contribution is -2.13. The van der Waals surface area contributed by atoms with Crippen LogP contribution in [-0.4, -0.2) is 15.5 Å². The highest BCUT2D eigenvalue weighted by atomic mass is 127. The molecular weight excluding hydrogens is 427 g/mol. The fraction of sp³-hybridized carbons (Fsp3) is 0.0769. The Balaban J connectivity index is 2.38. The van der Waals surface area contributed by atoms with Gasteiger partial charge >= 0.3 is 0 Å². The summed E-state index contributed by atoms with van der Waals surface area (Å²) in [5.41, 5.74) is 6.35. The molecule has 0 spiro atoms. The summed E-state index contributed by atoms with van der Waals surface area (Å²) in [5, 5.41) is 0.327. The van der Waals surface area contributed by atoms with Gasteiger partial charge in [-0.05, 0) is 52.9 Å². The van der Waals surface area contributed by atoms with E-state index in [-0.39, 0.29) is 4.90 Å². The molecule has 8 heteroatoms. The van der Waals surface area contributed by atoms with Crippen molar-refractivity contribution < 1.29 is 13.2 Å². The van der Waals surface area contributed by atoms with E-state index in [2.05, 4.69) is 27.3 Å². The van der Waals surface area contributed by atoms with Crippen LogP contribution in [0, 0.1) is 3.57 Å². The van der Waals surface area contributed by atoms with Crippen molar-refractivity contribution in [1.82, 2.24) is 0 Å². The van der Waals surface area contributed by atoms with Crippen molar-refractivity contribution in [2.24, 2.45) is 0 Å². The normalized spacial score (nSPS) is 11.2. The smallest absolute Gasteiger partial charge is 0.262 e. The molecular formula is C13H12ClIN2O3S. The van der Waals surface area contributed by atoms with Gasteiger partial charge in [0.1, 0.15) is 5.75 Å². The zero-order valence-corrected chi connectivity index (χ0v) is 14.7. The summed E-state index contributed by atoms with van der Waals surface area (Å²) < 4.78 is 33.1. The Morgan fingerprint density at radius 1 is 1.24 bits per heavy atom. The summed E-state index contributed by atoms with van der Waals surface area (Å²) in [5.74, 6) is 0.298. The molecule has 5 nitrogen and oxygen atoms in total. The van der Waals surface area contributed by atoms with Crippen molar-refractivity contribution in [2.75, 3.05) is 17.6 Å². The Morgan fingerprint density at radius 3 is 2.57 bits per heavy atom. The average Bonchev–Trinajstić information content (AvgIpc) is 2.42. The standard InChI is InChI=1S/C13H12ClIN2O3S/c1-20-13-7-9(3-4-11(13)16)21(18,19)17-12-5-2-8(15)6-10(12)14/h2-7,17H,16H2,1H3. The van der Waals surface area contributed by atoms with E-state index in [1.807, 2.05) is 0 Å². The van der Waals surface area contributed by atoms with Gasteiger partial charge in [-0.1, -0.05) is 11.6 Å². The summed E-state index contributed by atoms with van der Waals surface area (Å²) in [4.78, 5) is 0.0446. The lowest BCUT2D eigenvalue weighted by molar-refractivity contribution is 0.415. The third kappa shape index (κ3) is 3.72. The number of sulfonamides is 1. The molecule has 3 N–H and O–H groups in total. The topological polar surface area (TPSA) is 81.4 Å². The van der Waals surface area contributed by atoms with Gasteiger partial charge in [0.15, 0.2) is 0 Å². The summed E-state index contributed by atoms with van der Waals surface area (Å²) in [6.07, 6.45) is 0. The zero-order valence-electron chi connectivity index (χ0n) is 10.9. The molecule has 0 aliphatic rings. The quantitative estimate of drug-likeness (QED) is 0.567. The van der Waals surface area contributed by atoms with Crippen LogP contribution in [0.4, 0.5) is 11.4 Å². The Morgan fingerprint density at radius 2 is 1.95 bits per heavy atom. The molecule has 0 radical (unpaired) electrons. The van der Waals surface area contributed by atoms with Crippen LogP contribution < -0.4 is 15.2 Å². The van der Waals surface area contributed by atoms with Crippen molar-refractivity contribution in [3.63, 3.8) is 0 Å². The van der Waals surface area contributed by atoms with Gasteiger partial charge in [0, 0.05) is 9.64 Å². The fourth-order valence-electron chi connectivity index (χ4n) is 1.63. The van der Waals surface area contributed by atoms with Crippen LogP contribution in [0.2, 0.25) is 5.02 Å². The lowest BCUT2D eigenvalue weighted by atomic mass is 10.3. The third-order valence-electron chi connectivity index (χ3n) is 2.69. The first-order valence-electron chi connectivity index (χ1n) is 5.75. The molecule has 0 fully saturated rings. The van der Waals surface area contributed by atoms with Crippen LogP contribution in [0.25, 0.3) is 0 Å². The first-order chi connectivity index (χ1) is 9.83. The van der Waals surface area contributed by atoms with E-state index in [1.165, 1.54) is 25.3 Å². The maximum atomic E-state index is 12.4. The van der Waals surface area contributed by atoms with Gasteiger partial charge < -0.3 is 10.5 Å². The number of rotatable bonds is 4. The van der Waals surface area contributed by atoms with E-state index in [9.17, 15) is 8.42 Å². The second-order valence-corrected chi connectivity index (χ2v) is 7.47. The molecule has 2 aromatic carbocycles. The van der Waals surface area contributed by atoms with Crippen LogP contribution in [0.3, 0.4) is 0 Å². The highest BCUT2D eigenvalue weighted by Gasteiger charge is 2.17. The zero-order chi connectivity index (χ0) is 15.6. The molecule has 0 atom stereocenters. The van der Waals surface area contributed by atoms with Crippen molar-refractivity contribution in [3.05, 3.63) is 45.0 Å². The molecule has 2 aromatic rings. The van der Waals surface area contributed by atoms with E-state index in [0.717, 1.165) is 3.57 Å². The molecule has 0 bridgehead atoms. The van der Waals surface area contributed by atoms with Crippen LogP contribution >= 0.6 is 34.2 Å². The number of nitrogens with one attached hydrogen (secondary N) is 1. The fourth-order valence-corrected chi connectivity index (χ4v) is 3.69. The van der Waals surface area contributed by atoms with Crippen LogP contribution in [0.15, 0.2) is 41.3 Å². The second kappa shape index (κ2) is 6.29. The van der Waals surface area contributed by atoms with Crippen molar-refractivity contribution in [3.8, 4) is 5.75 Å². The number of hydrogen-bond donors (Lipinski definition) is 2. The second-order valence-electron chi connectivity index (χ2n) is 4.13. The molecule has 112 valence electrons. The van der Waals surface area contributed by atoms with Gasteiger partial charge in [-0.15, -0.1) is 0 Å². The third-order valence-corrected chi connectivity index (χ3v) is 5.04. The van der Waals surface area contributed by atoms with E-state index >= 15 is 0 Å². The first-order valence-corrected chi connectivity index (χ1v) is 8.69. The summed E-state index contributed by atoms with van der Waals surface area (Å²) in [6, 6.07) is 9.27. The molecule has 2 rings (SSSR count). The molecule has 0 saturated carbocycles. The predicted molar refractivity (Wildman–Crippen MR) is 92.4 cm³/mol. The molecule has 0 aliphatic carbocycles. The highest BCUT2D eigenvalue weighted by molar-refractivity contribution is 14.1. The van der Waals surface area contributed by atoms with Gasteiger partial charge in [0.05, 0.1) is 28.4 Å². The monoisotopic (exact) mass is 438 g/mol. The van der Waals surface area contributed by atoms with Gasteiger partial charge in [0.25, 0.3) is 10.0 Å². The number of anilines is 2. The SMILES string of the molecule is COc1cc(S(=O)(=O)Nc2ccc(I)cc2Cl)ccc1N. The van der Waals surface area contributed by atoms with Gasteiger partial charge in [-0.2, -0.15) is 0 Å². The molecule has 21 heavy (non-hydrogen) atoms. The number of ether oxygens (including phenoxy) is 1. The van der Waals surface area contributed by atoms with Crippen molar-refractivity contribution in [1.29, 1.82) is 0 Å². The van der Waals surface area contributed by atoms with Gasteiger partial charge in [-0.3, -0.25) is 4.72 Å². The summed E-state index contributed by atoms with van der Waals surface area (Å²) >= 11 is 8.12. The van der Waals surface area contributed by atoms with Crippen molar-refractivity contribution in [2.45, 2.75) is 4.90 Å². The predicted octanol–water partition coefficient (Wildman–Crippen LogP) is 3.34. The first kappa shape index (κ1) is 16.2. The maximum absolute atomic E-state index is 12.4. The van der Waals surface area contributed by atoms with Crippen LogP contribution in [0.5, 0.6) is 5.75 Å². The molecule has 0 heterocycles. The molecule has 0 aliphatic heterocycles. The molecule has 0 amide bonds. The number of halogens is 2. The Hall–Kier alpha value is -1.19. The van der Waals surface area contributed by atoms with Crippen LogP contribution in [0.1, 0.15) is 0 Å². The molecule has 0 aromatic heterocycles. The number of nitrogen functional groups attached to an aromatic ring is 1. The number of benzene rings is 2. The van der Waals surface area contributed by atoms with Crippen LogP contribution in [-0.2, 0) is 10.0 Å². The van der Waals surface area contributed by atoms with E-state index < -0.39 is 10.0 Å². The number of nitrogens with two attached hydrogens (primary N) is 1. The Labute approximate surface area is 141 Å². The van der Waals surface area contributed by atoms with E-state index in [1.54, 1.807) is 18.2 Å². The van der Waals surface area contributed by atoms with Gasteiger partial charge in [-0.25, -0.2) is 8.42 Å². The van der Waals surface area contributed by atoms with Gasteiger partial charge in [0.2, 0.25) is 0 Å². The molecule has 0 unspecified atom stereocenters. The minimum Gasteiger partial charge on any atom is -0.495 e. The largest absolute Gasteiger partial charge is 0.495 e. The maximum Gasteiger partial charge on any atom is 0.262 e. The minimum atomic E-state index is -3.77. The van der Waals surface area contributed by atoms with E-state index in [0.29, 0.717) is 22.1 Å². The summed E-state index contributed by atoms with van der Waals surface area (Å²) in [7, 11) is -2.35. The average molecular weight is 439 g/mol. The highest BCUT2D eigenvalue weighted by Crippen LogP contribution is 2.29. The minimum absolute atomic E-state index is 0.0446. The van der Waals surface area contributed by atoms with E-state index in [4.69, 9.17) is 22.1 Å². The number of methoxy groups -OCH3 is 1. The Bertz CT molecular complexity index is 781. The Kier molecular flexibility index (Phi) is 4.84.